The van der Waals surface area contributed by atoms with Crippen molar-refractivity contribution in [3.63, 3.8) is 0 Å². The molecule has 0 spiro atoms. The molecule has 3 atom stereocenters. The Balaban J connectivity index is 2.51. The number of nitrogens with one attached hydrogen (secondary N) is 2. The molecule has 0 radical (unpaired) electrons. The second kappa shape index (κ2) is 13.6. The van der Waals surface area contributed by atoms with E-state index in [0.29, 0.717) is 12.0 Å². The summed E-state index contributed by atoms with van der Waals surface area (Å²) >= 11 is 0. The van der Waals surface area contributed by atoms with E-state index in [0.717, 1.165) is 16.7 Å². The Morgan fingerprint density at radius 3 is 2.29 bits per heavy atom. The van der Waals surface area contributed by atoms with Crippen LogP contribution in [0, 0.1) is 31.1 Å². The van der Waals surface area contributed by atoms with E-state index in [1.165, 1.54) is 4.90 Å². The lowest BCUT2D eigenvalue weighted by atomic mass is 9.93. The van der Waals surface area contributed by atoms with Gasteiger partial charge in [-0.25, -0.2) is 4.79 Å². The zero-order valence-electron chi connectivity index (χ0n) is 23.5. The van der Waals surface area contributed by atoms with Crippen LogP contribution in [0.1, 0.15) is 69.3 Å². The first kappa shape index (κ1) is 30.4. The van der Waals surface area contributed by atoms with Crippen LogP contribution >= 0.6 is 0 Å². The average molecular weight is 521 g/mol. The van der Waals surface area contributed by atoms with Crippen molar-refractivity contribution in [2.24, 2.45) is 5.92 Å². The van der Waals surface area contributed by atoms with Crippen LogP contribution < -0.4 is 10.6 Å². The normalized spacial score (nSPS) is 13.4. The minimum Gasteiger partial charge on any atom is -0.444 e. The molecule has 3 unspecified atom stereocenters. The van der Waals surface area contributed by atoms with Gasteiger partial charge in [-0.05, 0) is 62.8 Å². The van der Waals surface area contributed by atoms with Crippen LogP contribution in [0.25, 0.3) is 0 Å². The zero-order chi connectivity index (χ0) is 28.5. The maximum atomic E-state index is 14.0. The van der Waals surface area contributed by atoms with Gasteiger partial charge in [-0.1, -0.05) is 68.8 Å². The van der Waals surface area contributed by atoms with Gasteiger partial charge in [0, 0.05) is 6.54 Å². The molecule has 0 aliphatic carbocycles. The molecule has 0 aromatic heterocycles. The Hall–Kier alpha value is -3.86. The molecule has 0 saturated carbocycles. The molecule has 0 aliphatic heterocycles. The van der Waals surface area contributed by atoms with E-state index in [2.05, 4.69) is 10.6 Å². The number of hydrogen-bond donors (Lipinski definition) is 2. The molecule has 204 valence electrons. The SMILES string of the molecule is CCC(C)C(NC(=O)OC(C)(C)C)C(=O)N(CC#N)C(C(=O)NCc1ccccc1)c1cccc(C)c1C. The van der Waals surface area contributed by atoms with Crippen LogP contribution in [0.5, 0.6) is 0 Å². The molecule has 8 nitrogen and oxygen atoms in total. The third-order valence-corrected chi connectivity index (χ3v) is 6.49. The van der Waals surface area contributed by atoms with Crippen LogP contribution in [-0.4, -0.2) is 41.0 Å². The maximum Gasteiger partial charge on any atom is 0.408 e. The van der Waals surface area contributed by atoms with Crippen molar-refractivity contribution in [3.05, 3.63) is 70.8 Å². The Labute approximate surface area is 226 Å². The minimum atomic E-state index is -1.07. The smallest absolute Gasteiger partial charge is 0.408 e. The summed E-state index contributed by atoms with van der Waals surface area (Å²) in [6, 6.07) is 15.0. The van der Waals surface area contributed by atoms with Gasteiger partial charge in [0.25, 0.3) is 0 Å². The summed E-state index contributed by atoms with van der Waals surface area (Å²) in [4.78, 5) is 41.7. The second-order valence-corrected chi connectivity index (χ2v) is 10.5. The van der Waals surface area contributed by atoms with Crippen LogP contribution in [0.4, 0.5) is 4.79 Å². The highest BCUT2D eigenvalue weighted by Crippen LogP contribution is 2.28. The van der Waals surface area contributed by atoms with Crippen molar-refractivity contribution in [1.29, 1.82) is 5.26 Å². The molecule has 2 N–H and O–H groups in total. The molecule has 0 bridgehead atoms. The number of carbonyl (C=O) groups excluding carboxylic acids is 3. The summed E-state index contributed by atoms with van der Waals surface area (Å²) in [7, 11) is 0. The first-order chi connectivity index (χ1) is 17.9. The number of aryl methyl sites for hydroxylation is 1. The van der Waals surface area contributed by atoms with Crippen LogP contribution in [0.2, 0.25) is 0 Å². The van der Waals surface area contributed by atoms with E-state index >= 15 is 0 Å². The molecular weight excluding hydrogens is 480 g/mol. The van der Waals surface area contributed by atoms with Crippen molar-refractivity contribution in [2.45, 2.75) is 79.1 Å². The van der Waals surface area contributed by atoms with Crippen LogP contribution in [-0.2, 0) is 20.9 Å². The molecule has 0 heterocycles. The summed E-state index contributed by atoms with van der Waals surface area (Å²) in [5.74, 6) is -1.21. The largest absolute Gasteiger partial charge is 0.444 e. The number of ether oxygens (including phenoxy) is 1. The number of hydrogen-bond acceptors (Lipinski definition) is 5. The number of nitrogens with zero attached hydrogens (tertiary/aromatic N) is 2. The zero-order valence-corrected chi connectivity index (χ0v) is 23.5. The molecule has 0 fully saturated rings. The van der Waals surface area contributed by atoms with E-state index in [1.54, 1.807) is 26.8 Å². The summed E-state index contributed by atoms with van der Waals surface area (Å²) < 4.78 is 5.40. The third-order valence-electron chi connectivity index (χ3n) is 6.49. The summed E-state index contributed by atoms with van der Waals surface area (Å²) in [6.07, 6.45) is -0.147. The van der Waals surface area contributed by atoms with Crippen molar-refractivity contribution >= 4 is 17.9 Å². The van der Waals surface area contributed by atoms with E-state index in [-0.39, 0.29) is 19.0 Å². The summed E-state index contributed by atoms with van der Waals surface area (Å²) in [5, 5.41) is 15.4. The number of rotatable bonds is 10. The Kier molecular flexibility index (Phi) is 10.9. The van der Waals surface area contributed by atoms with Gasteiger partial charge in [0.15, 0.2) is 0 Å². The number of carbonyl (C=O) groups is 3. The monoisotopic (exact) mass is 520 g/mol. The predicted octanol–water partition coefficient (Wildman–Crippen LogP) is 4.95. The van der Waals surface area contributed by atoms with Gasteiger partial charge in [-0.3, -0.25) is 9.59 Å². The lowest BCUT2D eigenvalue weighted by Crippen LogP contribution is -2.55. The molecule has 8 heteroatoms. The van der Waals surface area contributed by atoms with Gasteiger partial charge >= 0.3 is 6.09 Å². The fourth-order valence-corrected chi connectivity index (χ4v) is 4.07. The topological polar surface area (TPSA) is 112 Å². The number of alkyl carbamates (subject to hydrolysis) is 1. The van der Waals surface area contributed by atoms with Gasteiger partial charge < -0.3 is 20.3 Å². The first-order valence-corrected chi connectivity index (χ1v) is 12.9. The highest BCUT2D eigenvalue weighted by atomic mass is 16.6. The lowest BCUT2D eigenvalue weighted by Gasteiger charge is -2.35. The standard InChI is InChI=1S/C30H40N4O4/c1-8-20(2)25(33-29(37)38-30(5,6)7)28(36)34(18-17-31)26(24-16-12-13-21(3)22(24)4)27(35)32-19-23-14-10-9-11-15-23/h9-16,20,25-26H,8,18-19H2,1-7H3,(H,32,35)(H,33,37). The molecule has 3 amide bonds. The van der Waals surface area contributed by atoms with Crippen LogP contribution in [0.15, 0.2) is 48.5 Å². The predicted molar refractivity (Wildman–Crippen MR) is 147 cm³/mol. The summed E-state index contributed by atoms with van der Waals surface area (Å²) in [5.41, 5.74) is 2.58. The molecule has 2 aromatic carbocycles. The van der Waals surface area contributed by atoms with Gasteiger partial charge in [0.1, 0.15) is 24.2 Å². The number of nitriles is 1. The minimum absolute atomic E-state index is 0.264. The molecule has 2 aromatic rings. The second-order valence-electron chi connectivity index (χ2n) is 10.5. The van der Waals surface area contributed by atoms with Crippen molar-refractivity contribution in [3.8, 4) is 6.07 Å². The van der Waals surface area contributed by atoms with Crippen molar-refractivity contribution < 1.29 is 19.1 Å². The van der Waals surface area contributed by atoms with E-state index in [1.807, 2.05) is 76.2 Å². The number of benzene rings is 2. The third kappa shape index (κ3) is 8.34. The molecule has 38 heavy (non-hydrogen) atoms. The Bertz CT molecular complexity index is 1150. The molecule has 0 aliphatic rings. The molecule has 2 rings (SSSR count). The van der Waals surface area contributed by atoms with Crippen LogP contribution in [0.3, 0.4) is 0 Å². The number of amides is 3. The highest BCUT2D eigenvalue weighted by molar-refractivity contribution is 5.92. The fourth-order valence-electron chi connectivity index (χ4n) is 4.07. The fraction of sp³-hybridized carbons (Fsp3) is 0.467. The lowest BCUT2D eigenvalue weighted by molar-refractivity contribution is -0.142. The highest BCUT2D eigenvalue weighted by Gasteiger charge is 2.38. The van der Waals surface area contributed by atoms with Gasteiger partial charge in [0.05, 0.1) is 6.07 Å². The van der Waals surface area contributed by atoms with Crippen molar-refractivity contribution in [1.82, 2.24) is 15.5 Å². The average Bonchev–Trinajstić information content (AvgIpc) is 2.86. The Morgan fingerprint density at radius 1 is 1.05 bits per heavy atom. The van der Waals surface area contributed by atoms with E-state index in [4.69, 9.17) is 4.74 Å². The maximum absolute atomic E-state index is 14.0. The molecule has 0 saturated heterocycles. The van der Waals surface area contributed by atoms with Gasteiger partial charge in [0.2, 0.25) is 11.8 Å². The quantitative estimate of drug-likeness (QED) is 0.431. The molecular formula is C30H40N4O4. The van der Waals surface area contributed by atoms with Gasteiger partial charge in [-0.2, -0.15) is 5.26 Å². The van der Waals surface area contributed by atoms with Crippen molar-refractivity contribution in [2.75, 3.05) is 6.54 Å². The van der Waals surface area contributed by atoms with E-state index < -0.39 is 35.6 Å². The Morgan fingerprint density at radius 2 is 1.71 bits per heavy atom. The first-order valence-electron chi connectivity index (χ1n) is 12.9. The van der Waals surface area contributed by atoms with Gasteiger partial charge in [-0.15, -0.1) is 0 Å². The summed E-state index contributed by atoms with van der Waals surface area (Å²) in [6.45, 7) is 12.7. The van der Waals surface area contributed by atoms with E-state index in [9.17, 15) is 19.6 Å².